The molecule has 1 heterocycles. The molecule has 0 saturated carbocycles. The number of nitrogens with zero attached hydrogens (tertiary/aromatic N) is 1. The van der Waals surface area contributed by atoms with E-state index < -0.39 is 18.1 Å². The molecule has 1 unspecified atom stereocenters. The smallest absolute Gasteiger partial charge is 0.321 e. The van der Waals surface area contributed by atoms with E-state index in [2.05, 4.69) is 11.9 Å². The molecule has 0 aromatic heterocycles. The number of hydrogen-bond acceptors (Lipinski definition) is 3. The van der Waals surface area contributed by atoms with Gasteiger partial charge in [0.2, 0.25) is 5.91 Å². The molecule has 1 aliphatic rings. The molecule has 5 nitrogen and oxygen atoms in total. The first-order valence-electron chi connectivity index (χ1n) is 6.98. The van der Waals surface area contributed by atoms with Crippen LogP contribution in [-0.2, 0) is 22.6 Å². The highest BCUT2D eigenvalue weighted by Crippen LogP contribution is 2.25. The van der Waals surface area contributed by atoms with Crippen LogP contribution in [0.5, 0.6) is 0 Å². The molecule has 5 heteroatoms. The first-order chi connectivity index (χ1) is 10.0. The third-order valence-electron chi connectivity index (χ3n) is 3.87. The van der Waals surface area contributed by atoms with E-state index in [0.29, 0.717) is 19.5 Å². The summed E-state index contributed by atoms with van der Waals surface area (Å²) in [4.78, 5) is 25.4. The average molecular weight is 288 g/mol. The number of carboxylic acid groups (broad SMARTS) is 1. The topological polar surface area (TPSA) is 69.6 Å². The minimum absolute atomic E-state index is 0.180. The Labute approximate surface area is 124 Å². The lowest BCUT2D eigenvalue weighted by Crippen LogP contribution is -2.54. The third kappa shape index (κ3) is 3.31. The van der Waals surface area contributed by atoms with Crippen molar-refractivity contribution in [2.75, 3.05) is 6.54 Å². The fourth-order valence-corrected chi connectivity index (χ4v) is 2.65. The van der Waals surface area contributed by atoms with Crippen LogP contribution in [0.15, 0.2) is 36.9 Å². The Balaban J connectivity index is 2.22. The van der Waals surface area contributed by atoms with Gasteiger partial charge in [-0.05, 0) is 24.5 Å². The van der Waals surface area contributed by atoms with Gasteiger partial charge >= 0.3 is 5.97 Å². The summed E-state index contributed by atoms with van der Waals surface area (Å²) in [6, 6.07) is 6.59. The quantitative estimate of drug-likeness (QED) is 0.799. The molecule has 1 aromatic carbocycles. The summed E-state index contributed by atoms with van der Waals surface area (Å²) in [7, 11) is 0. The van der Waals surface area contributed by atoms with E-state index in [4.69, 9.17) is 0 Å². The molecule has 21 heavy (non-hydrogen) atoms. The highest BCUT2D eigenvalue weighted by molar-refractivity contribution is 5.83. The van der Waals surface area contributed by atoms with Gasteiger partial charge in [0, 0.05) is 13.1 Å². The second kappa shape index (κ2) is 6.54. The molecule has 2 rings (SSSR count). The molecule has 0 fully saturated rings. The lowest BCUT2D eigenvalue weighted by Gasteiger charge is -2.37. The van der Waals surface area contributed by atoms with Crippen molar-refractivity contribution in [3.63, 3.8) is 0 Å². The van der Waals surface area contributed by atoms with Gasteiger partial charge in [0.1, 0.15) is 6.04 Å². The van der Waals surface area contributed by atoms with E-state index in [1.165, 1.54) is 0 Å². The Bertz CT molecular complexity index is 556. The minimum atomic E-state index is -0.895. The number of fused-ring (bicyclic) bond motifs is 1. The van der Waals surface area contributed by atoms with Crippen LogP contribution in [0, 0.1) is 0 Å². The average Bonchev–Trinajstić information content (AvgIpc) is 2.50. The highest BCUT2D eigenvalue weighted by Gasteiger charge is 2.36. The van der Waals surface area contributed by atoms with E-state index in [0.717, 1.165) is 11.1 Å². The Morgan fingerprint density at radius 1 is 1.48 bits per heavy atom. The summed E-state index contributed by atoms with van der Waals surface area (Å²) in [6.45, 7) is 6.14. The van der Waals surface area contributed by atoms with Crippen molar-refractivity contribution in [1.82, 2.24) is 10.2 Å². The van der Waals surface area contributed by atoms with E-state index in [-0.39, 0.29) is 5.91 Å². The Morgan fingerprint density at radius 2 is 2.14 bits per heavy atom. The van der Waals surface area contributed by atoms with Gasteiger partial charge < -0.3 is 10.4 Å². The van der Waals surface area contributed by atoms with Gasteiger partial charge in [-0.15, -0.1) is 6.58 Å². The number of benzene rings is 1. The fourth-order valence-electron chi connectivity index (χ4n) is 2.65. The Morgan fingerprint density at radius 3 is 2.76 bits per heavy atom. The highest BCUT2D eigenvalue weighted by atomic mass is 16.4. The van der Waals surface area contributed by atoms with Gasteiger partial charge in [0.05, 0.1) is 6.04 Å². The maximum absolute atomic E-state index is 12.1. The summed E-state index contributed by atoms with van der Waals surface area (Å²) in [5.41, 5.74) is 2.12. The molecule has 2 atom stereocenters. The first kappa shape index (κ1) is 15.3. The van der Waals surface area contributed by atoms with Crippen LogP contribution in [0.3, 0.4) is 0 Å². The van der Waals surface area contributed by atoms with Crippen LogP contribution in [-0.4, -0.2) is 40.5 Å². The van der Waals surface area contributed by atoms with Crippen LogP contribution >= 0.6 is 0 Å². The second-order valence-electron chi connectivity index (χ2n) is 5.21. The molecule has 0 spiro atoms. The van der Waals surface area contributed by atoms with Crippen molar-refractivity contribution in [2.24, 2.45) is 0 Å². The Hall–Kier alpha value is -2.14. The second-order valence-corrected chi connectivity index (χ2v) is 5.21. The predicted molar refractivity (Wildman–Crippen MR) is 79.8 cm³/mol. The molecule has 2 N–H and O–H groups in total. The van der Waals surface area contributed by atoms with Crippen molar-refractivity contribution >= 4 is 11.9 Å². The number of amides is 1. The van der Waals surface area contributed by atoms with Gasteiger partial charge in [-0.2, -0.15) is 0 Å². The normalized spacial score (nSPS) is 19.4. The summed E-state index contributed by atoms with van der Waals surface area (Å²) in [5, 5.41) is 12.2. The molecule has 112 valence electrons. The maximum atomic E-state index is 12.1. The van der Waals surface area contributed by atoms with Crippen molar-refractivity contribution < 1.29 is 14.7 Å². The van der Waals surface area contributed by atoms with E-state index in [1.54, 1.807) is 17.9 Å². The fraction of sp³-hybridized carbons (Fsp3) is 0.375. The number of carbonyl (C=O) groups is 2. The summed E-state index contributed by atoms with van der Waals surface area (Å²) < 4.78 is 0. The summed E-state index contributed by atoms with van der Waals surface area (Å²) in [6.07, 6.45) is 2.02. The molecule has 0 saturated heterocycles. The van der Waals surface area contributed by atoms with E-state index in [9.17, 15) is 14.7 Å². The molecule has 1 aliphatic heterocycles. The van der Waals surface area contributed by atoms with E-state index in [1.807, 2.05) is 24.3 Å². The lowest BCUT2D eigenvalue weighted by atomic mass is 9.92. The van der Waals surface area contributed by atoms with Crippen molar-refractivity contribution in [1.29, 1.82) is 0 Å². The largest absolute Gasteiger partial charge is 0.480 e. The standard InChI is InChI=1S/C16H20N2O3/c1-3-8-17-15(19)11(2)18-10-13-7-5-4-6-12(13)9-14(18)16(20)21/h3-7,11,14H,1,8-10H2,2H3,(H,17,19)(H,20,21)/t11?,14-/m0/s1. The SMILES string of the molecule is C=CCNC(=O)C(C)N1Cc2ccccc2C[C@H]1C(=O)O. The molecule has 1 amide bonds. The lowest BCUT2D eigenvalue weighted by molar-refractivity contribution is -0.146. The zero-order valence-corrected chi connectivity index (χ0v) is 12.1. The predicted octanol–water partition coefficient (Wildman–Crippen LogP) is 1.19. The molecular formula is C16H20N2O3. The van der Waals surface area contributed by atoms with Crippen LogP contribution in [0.25, 0.3) is 0 Å². The molecule has 0 aliphatic carbocycles. The number of carboxylic acids is 1. The number of hydrogen-bond donors (Lipinski definition) is 2. The molecule has 1 aromatic rings. The van der Waals surface area contributed by atoms with Crippen LogP contribution in [0.4, 0.5) is 0 Å². The van der Waals surface area contributed by atoms with Gasteiger partial charge in [0.15, 0.2) is 0 Å². The monoisotopic (exact) mass is 288 g/mol. The van der Waals surface area contributed by atoms with Crippen LogP contribution in [0.1, 0.15) is 18.1 Å². The zero-order chi connectivity index (χ0) is 15.4. The minimum Gasteiger partial charge on any atom is -0.480 e. The van der Waals surface area contributed by atoms with Crippen molar-refractivity contribution in [2.45, 2.75) is 32.0 Å². The molecular weight excluding hydrogens is 268 g/mol. The van der Waals surface area contributed by atoms with Crippen LogP contribution in [0.2, 0.25) is 0 Å². The Kier molecular flexibility index (Phi) is 4.75. The number of nitrogens with one attached hydrogen (secondary N) is 1. The van der Waals surface area contributed by atoms with E-state index >= 15 is 0 Å². The number of carbonyl (C=O) groups excluding carboxylic acids is 1. The van der Waals surface area contributed by atoms with Gasteiger partial charge in [0.25, 0.3) is 0 Å². The summed E-state index contributed by atoms with van der Waals surface area (Å²) >= 11 is 0. The summed E-state index contributed by atoms with van der Waals surface area (Å²) in [5.74, 6) is -1.08. The maximum Gasteiger partial charge on any atom is 0.321 e. The number of aliphatic carboxylic acids is 1. The van der Waals surface area contributed by atoms with Gasteiger partial charge in [-0.25, -0.2) is 0 Å². The van der Waals surface area contributed by atoms with Crippen LogP contribution < -0.4 is 5.32 Å². The van der Waals surface area contributed by atoms with Crippen molar-refractivity contribution in [3.8, 4) is 0 Å². The number of rotatable bonds is 5. The first-order valence-corrected chi connectivity index (χ1v) is 6.98. The third-order valence-corrected chi connectivity index (χ3v) is 3.87. The zero-order valence-electron chi connectivity index (χ0n) is 12.1. The molecule has 0 radical (unpaired) electrons. The van der Waals surface area contributed by atoms with Gasteiger partial charge in [-0.3, -0.25) is 14.5 Å². The molecule has 0 bridgehead atoms. The van der Waals surface area contributed by atoms with Crippen molar-refractivity contribution in [3.05, 3.63) is 48.0 Å². The van der Waals surface area contributed by atoms with Gasteiger partial charge in [-0.1, -0.05) is 30.3 Å².